The number of benzene rings is 2. The molecule has 0 aromatic heterocycles. The number of nitrogens with zero attached hydrogens (tertiary/aromatic N) is 2. The quantitative estimate of drug-likeness (QED) is 0.341. The summed E-state index contributed by atoms with van der Waals surface area (Å²) in [6, 6.07) is 14.2. The number of hydrogen-bond acceptors (Lipinski definition) is 6. The molecule has 0 aliphatic rings. The highest BCUT2D eigenvalue weighted by molar-refractivity contribution is 6.06. The monoisotopic (exact) mass is 352 g/mol. The van der Waals surface area contributed by atoms with Crippen molar-refractivity contribution in [2.24, 2.45) is 0 Å². The molecule has 2 N–H and O–H groups in total. The Morgan fingerprint density at radius 3 is 2.35 bits per heavy atom. The third-order valence-corrected chi connectivity index (χ3v) is 3.25. The van der Waals surface area contributed by atoms with Crippen LogP contribution in [0.15, 0.2) is 60.3 Å². The van der Waals surface area contributed by atoms with Crippen LogP contribution >= 0.6 is 0 Å². The summed E-state index contributed by atoms with van der Waals surface area (Å²) in [5.41, 5.74) is 0.806. The van der Waals surface area contributed by atoms with Crippen molar-refractivity contribution in [1.29, 1.82) is 5.26 Å². The van der Waals surface area contributed by atoms with Crippen molar-refractivity contribution in [3.8, 4) is 11.8 Å². The highest BCUT2D eigenvalue weighted by Crippen LogP contribution is 2.17. The van der Waals surface area contributed by atoms with E-state index in [-0.39, 0.29) is 11.3 Å². The largest absolute Gasteiger partial charge is 0.494 e. The van der Waals surface area contributed by atoms with Gasteiger partial charge in [0, 0.05) is 29.7 Å². The Kier molecular flexibility index (Phi) is 6.28. The second-order valence-corrected chi connectivity index (χ2v) is 5.03. The molecule has 26 heavy (non-hydrogen) atoms. The van der Waals surface area contributed by atoms with E-state index in [0.29, 0.717) is 18.0 Å². The third kappa shape index (κ3) is 5.07. The van der Waals surface area contributed by atoms with Gasteiger partial charge in [0.1, 0.15) is 17.4 Å². The summed E-state index contributed by atoms with van der Waals surface area (Å²) in [6.45, 7) is 2.45. The van der Waals surface area contributed by atoms with Gasteiger partial charge in [-0.15, -0.1) is 0 Å². The molecule has 1 amide bonds. The smallest absolute Gasteiger partial charge is 0.269 e. The zero-order valence-electron chi connectivity index (χ0n) is 13.9. The fraction of sp³-hybridized carbons (Fsp3) is 0.111. The summed E-state index contributed by atoms with van der Waals surface area (Å²) in [4.78, 5) is 22.2. The molecule has 0 bridgehead atoms. The number of anilines is 2. The topological polar surface area (TPSA) is 117 Å². The lowest BCUT2D eigenvalue weighted by Crippen LogP contribution is -2.14. The molecule has 0 fully saturated rings. The number of non-ortho nitro benzene ring substituents is 1. The Labute approximate surface area is 149 Å². The zero-order valence-corrected chi connectivity index (χ0v) is 13.9. The van der Waals surface area contributed by atoms with E-state index in [1.807, 2.05) is 13.0 Å². The number of carbonyl (C=O) groups is 1. The first kappa shape index (κ1) is 18.5. The predicted octanol–water partition coefficient (Wildman–Crippen LogP) is 3.45. The van der Waals surface area contributed by atoms with Crippen LogP contribution in [0.3, 0.4) is 0 Å². The first-order valence-corrected chi connectivity index (χ1v) is 7.69. The summed E-state index contributed by atoms with van der Waals surface area (Å²) >= 11 is 0. The van der Waals surface area contributed by atoms with Crippen LogP contribution in [0.2, 0.25) is 0 Å². The molecule has 0 unspecified atom stereocenters. The van der Waals surface area contributed by atoms with Gasteiger partial charge >= 0.3 is 0 Å². The van der Waals surface area contributed by atoms with E-state index in [4.69, 9.17) is 10.00 Å². The number of ether oxygens (including phenoxy) is 1. The first-order valence-electron chi connectivity index (χ1n) is 7.69. The molecule has 2 aromatic rings. The van der Waals surface area contributed by atoms with Gasteiger partial charge in [-0.3, -0.25) is 14.9 Å². The Balaban J connectivity index is 2.02. The summed E-state index contributed by atoms with van der Waals surface area (Å²) < 4.78 is 5.33. The van der Waals surface area contributed by atoms with E-state index >= 15 is 0 Å². The van der Waals surface area contributed by atoms with Gasteiger partial charge < -0.3 is 15.4 Å². The Hall–Kier alpha value is -3.86. The molecule has 0 radical (unpaired) electrons. The minimum atomic E-state index is -0.625. The van der Waals surface area contributed by atoms with Crippen molar-refractivity contribution in [2.75, 3.05) is 17.2 Å². The summed E-state index contributed by atoms with van der Waals surface area (Å²) in [5, 5.41) is 25.1. The van der Waals surface area contributed by atoms with Crippen LogP contribution in [0.1, 0.15) is 6.92 Å². The number of nitriles is 1. The number of rotatable bonds is 7. The molecule has 0 saturated heterocycles. The molecular formula is C18H16N4O4. The number of nitro benzene ring substituents is 1. The number of amides is 1. The van der Waals surface area contributed by atoms with Gasteiger partial charge in [-0.05, 0) is 43.3 Å². The van der Waals surface area contributed by atoms with Crippen molar-refractivity contribution in [2.45, 2.75) is 6.92 Å². The molecule has 8 heteroatoms. The summed E-state index contributed by atoms with van der Waals surface area (Å²) in [7, 11) is 0. The summed E-state index contributed by atoms with van der Waals surface area (Å²) in [6.07, 6.45) is 1.29. The molecule has 2 rings (SSSR count). The van der Waals surface area contributed by atoms with Gasteiger partial charge in [0.2, 0.25) is 0 Å². The minimum absolute atomic E-state index is 0.0868. The van der Waals surface area contributed by atoms with Crippen LogP contribution in [0.5, 0.6) is 5.75 Å². The lowest BCUT2D eigenvalue weighted by molar-refractivity contribution is -0.384. The molecule has 8 nitrogen and oxygen atoms in total. The number of nitro groups is 1. The van der Waals surface area contributed by atoms with Crippen molar-refractivity contribution in [1.82, 2.24) is 0 Å². The van der Waals surface area contributed by atoms with Crippen molar-refractivity contribution in [3.05, 3.63) is 70.4 Å². The van der Waals surface area contributed by atoms with E-state index in [1.165, 1.54) is 30.5 Å². The average Bonchev–Trinajstić information content (AvgIpc) is 2.64. The predicted molar refractivity (Wildman–Crippen MR) is 96.7 cm³/mol. The minimum Gasteiger partial charge on any atom is -0.494 e. The van der Waals surface area contributed by atoms with Crippen LogP contribution in [-0.2, 0) is 4.79 Å². The van der Waals surface area contributed by atoms with Gasteiger partial charge in [0.25, 0.3) is 11.6 Å². The second-order valence-electron chi connectivity index (χ2n) is 5.03. The molecule has 0 spiro atoms. The maximum Gasteiger partial charge on any atom is 0.269 e. The maximum absolute atomic E-state index is 12.1. The van der Waals surface area contributed by atoms with Gasteiger partial charge in [0.15, 0.2) is 0 Å². The van der Waals surface area contributed by atoms with Gasteiger partial charge in [-0.2, -0.15) is 5.26 Å². The highest BCUT2D eigenvalue weighted by atomic mass is 16.6. The average molecular weight is 352 g/mol. The van der Waals surface area contributed by atoms with Gasteiger partial charge in [-0.1, -0.05) is 0 Å². The van der Waals surface area contributed by atoms with E-state index in [2.05, 4.69) is 10.6 Å². The number of nitrogens with one attached hydrogen (secondary N) is 2. The first-order chi connectivity index (χ1) is 12.5. The molecule has 0 aliphatic heterocycles. The molecule has 0 atom stereocenters. The fourth-order valence-corrected chi connectivity index (χ4v) is 1.98. The lowest BCUT2D eigenvalue weighted by atomic mass is 10.2. The number of hydrogen-bond donors (Lipinski definition) is 2. The normalized spacial score (nSPS) is 10.5. The third-order valence-electron chi connectivity index (χ3n) is 3.25. The fourth-order valence-electron chi connectivity index (χ4n) is 1.98. The molecule has 0 heterocycles. The summed E-state index contributed by atoms with van der Waals surface area (Å²) in [5.74, 6) is 0.0956. The van der Waals surface area contributed by atoms with E-state index < -0.39 is 10.8 Å². The van der Waals surface area contributed by atoms with E-state index in [1.54, 1.807) is 24.3 Å². The molecule has 132 valence electrons. The van der Waals surface area contributed by atoms with Crippen LogP contribution in [0.25, 0.3) is 0 Å². The SMILES string of the molecule is CCOc1ccc(N/C=C(/C#N)C(=O)Nc2ccc([N+](=O)[O-])cc2)cc1. The maximum atomic E-state index is 12.1. The standard InChI is InChI=1S/C18H16N4O4/c1-2-26-17-9-5-14(6-10-17)20-12-13(11-19)18(23)21-15-3-7-16(8-4-15)22(24)25/h3-10,12,20H,2H2,1H3,(H,21,23)/b13-12-. The lowest BCUT2D eigenvalue weighted by Gasteiger charge is -2.06. The van der Waals surface area contributed by atoms with Crippen molar-refractivity contribution < 1.29 is 14.5 Å². The van der Waals surface area contributed by atoms with Crippen molar-refractivity contribution >= 4 is 23.0 Å². The van der Waals surface area contributed by atoms with Crippen molar-refractivity contribution in [3.63, 3.8) is 0 Å². The molecular weight excluding hydrogens is 336 g/mol. The van der Waals surface area contributed by atoms with Crippen LogP contribution in [0.4, 0.5) is 17.1 Å². The molecule has 0 saturated carbocycles. The van der Waals surface area contributed by atoms with Crippen LogP contribution < -0.4 is 15.4 Å². The zero-order chi connectivity index (χ0) is 18.9. The highest BCUT2D eigenvalue weighted by Gasteiger charge is 2.10. The van der Waals surface area contributed by atoms with Gasteiger partial charge in [0.05, 0.1) is 11.5 Å². The van der Waals surface area contributed by atoms with Crippen LogP contribution in [0, 0.1) is 21.4 Å². The number of carbonyl (C=O) groups excluding carboxylic acids is 1. The molecule has 0 aliphatic carbocycles. The Morgan fingerprint density at radius 2 is 1.81 bits per heavy atom. The Morgan fingerprint density at radius 1 is 1.19 bits per heavy atom. The second kappa shape index (κ2) is 8.84. The molecule has 2 aromatic carbocycles. The van der Waals surface area contributed by atoms with E-state index in [0.717, 1.165) is 5.75 Å². The Bertz CT molecular complexity index is 852. The van der Waals surface area contributed by atoms with Gasteiger partial charge in [-0.25, -0.2) is 0 Å². The van der Waals surface area contributed by atoms with E-state index in [9.17, 15) is 14.9 Å². The van der Waals surface area contributed by atoms with Crippen LogP contribution in [-0.4, -0.2) is 17.4 Å².